The largest absolute Gasteiger partial charge is 0.292 e. The van der Waals surface area contributed by atoms with Crippen LogP contribution in [0.2, 0.25) is 0 Å². The van der Waals surface area contributed by atoms with Crippen molar-refractivity contribution in [3.05, 3.63) is 90.5 Å². The molecule has 0 saturated carbocycles. The second kappa shape index (κ2) is 8.13. The summed E-state index contributed by atoms with van der Waals surface area (Å²) >= 11 is 0. The van der Waals surface area contributed by atoms with Gasteiger partial charge in [-0.2, -0.15) is 0 Å². The van der Waals surface area contributed by atoms with Gasteiger partial charge in [0, 0.05) is 19.6 Å². The molecule has 0 N–H and O–H groups in total. The van der Waals surface area contributed by atoms with Crippen molar-refractivity contribution in [2.45, 2.75) is 6.54 Å². The van der Waals surface area contributed by atoms with Crippen molar-refractivity contribution in [2.24, 2.45) is 0 Å². The SMILES string of the molecule is C=CCN(C/C=C/c1ccccc1)Cc1ccccc1. The van der Waals surface area contributed by atoms with E-state index in [1.807, 2.05) is 12.1 Å². The molecule has 0 aliphatic heterocycles. The number of benzene rings is 2. The molecule has 102 valence electrons. The van der Waals surface area contributed by atoms with E-state index in [0.29, 0.717) is 0 Å². The summed E-state index contributed by atoms with van der Waals surface area (Å²) in [4.78, 5) is 2.36. The summed E-state index contributed by atoms with van der Waals surface area (Å²) in [5, 5.41) is 0. The van der Waals surface area contributed by atoms with Gasteiger partial charge in [0.25, 0.3) is 0 Å². The molecule has 1 heteroatoms. The monoisotopic (exact) mass is 263 g/mol. The fraction of sp³-hybridized carbons (Fsp3) is 0.158. The van der Waals surface area contributed by atoms with Crippen LogP contribution in [0.15, 0.2) is 79.4 Å². The molecular weight excluding hydrogens is 242 g/mol. The third kappa shape index (κ3) is 4.87. The molecular formula is C19H21N. The van der Waals surface area contributed by atoms with Gasteiger partial charge in [-0.3, -0.25) is 4.90 Å². The molecule has 0 atom stereocenters. The Bertz CT molecular complexity index is 528. The topological polar surface area (TPSA) is 3.24 Å². The van der Waals surface area contributed by atoms with E-state index in [1.54, 1.807) is 0 Å². The number of rotatable bonds is 7. The number of nitrogens with zero attached hydrogens (tertiary/aromatic N) is 1. The summed E-state index contributed by atoms with van der Waals surface area (Å²) in [5.41, 5.74) is 2.58. The molecule has 0 fully saturated rings. The predicted molar refractivity (Wildman–Crippen MR) is 87.4 cm³/mol. The molecule has 1 nitrogen and oxygen atoms in total. The van der Waals surface area contributed by atoms with Crippen LogP contribution in [-0.4, -0.2) is 18.0 Å². The molecule has 0 aromatic heterocycles. The van der Waals surface area contributed by atoms with Crippen LogP contribution >= 0.6 is 0 Å². The second-order valence-electron chi connectivity index (χ2n) is 4.78. The summed E-state index contributed by atoms with van der Waals surface area (Å²) < 4.78 is 0. The highest BCUT2D eigenvalue weighted by Crippen LogP contribution is 2.06. The molecule has 0 unspecified atom stereocenters. The Hall–Kier alpha value is -2.12. The summed E-state index contributed by atoms with van der Waals surface area (Å²) in [5.74, 6) is 0. The number of hydrogen-bond acceptors (Lipinski definition) is 1. The van der Waals surface area contributed by atoms with E-state index < -0.39 is 0 Å². The van der Waals surface area contributed by atoms with Crippen LogP contribution in [-0.2, 0) is 6.54 Å². The zero-order chi connectivity index (χ0) is 14.0. The molecule has 0 heterocycles. The molecule has 2 aromatic carbocycles. The Morgan fingerprint density at radius 1 is 0.850 bits per heavy atom. The highest BCUT2D eigenvalue weighted by atomic mass is 15.1. The second-order valence-corrected chi connectivity index (χ2v) is 4.78. The van der Waals surface area contributed by atoms with E-state index in [4.69, 9.17) is 0 Å². The van der Waals surface area contributed by atoms with Crippen LogP contribution in [0.1, 0.15) is 11.1 Å². The van der Waals surface area contributed by atoms with Gasteiger partial charge in [0.05, 0.1) is 0 Å². The van der Waals surface area contributed by atoms with Crippen molar-refractivity contribution in [1.29, 1.82) is 0 Å². The van der Waals surface area contributed by atoms with Gasteiger partial charge < -0.3 is 0 Å². The predicted octanol–water partition coefficient (Wildman–Crippen LogP) is 4.39. The summed E-state index contributed by atoms with van der Waals surface area (Å²) in [7, 11) is 0. The Labute approximate surface area is 121 Å². The standard InChI is InChI=1S/C19H21N/c1-2-15-20(17-19-12-7-4-8-13-19)16-9-14-18-10-5-3-6-11-18/h2-14H,1,15-17H2/b14-9+. The van der Waals surface area contributed by atoms with Crippen molar-refractivity contribution in [2.75, 3.05) is 13.1 Å². The summed E-state index contributed by atoms with van der Waals surface area (Å²) in [6, 6.07) is 20.9. The third-order valence-corrected chi connectivity index (χ3v) is 3.11. The zero-order valence-corrected chi connectivity index (χ0v) is 11.8. The Kier molecular flexibility index (Phi) is 5.81. The van der Waals surface area contributed by atoms with Gasteiger partial charge in [-0.25, -0.2) is 0 Å². The lowest BCUT2D eigenvalue weighted by molar-refractivity contribution is 0.328. The molecule has 0 aliphatic carbocycles. The van der Waals surface area contributed by atoms with Gasteiger partial charge in [0.15, 0.2) is 0 Å². The van der Waals surface area contributed by atoms with Gasteiger partial charge in [-0.05, 0) is 11.1 Å². The van der Waals surface area contributed by atoms with Gasteiger partial charge >= 0.3 is 0 Å². The van der Waals surface area contributed by atoms with E-state index in [0.717, 1.165) is 19.6 Å². The number of hydrogen-bond donors (Lipinski definition) is 0. The van der Waals surface area contributed by atoms with E-state index in [1.165, 1.54) is 11.1 Å². The van der Waals surface area contributed by atoms with Crippen molar-refractivity contribution < 1.29 is 0 Å². The lowest BCUT2D eigenvalue weighted by Gasteiger charge is -2.18. The molecule has 20 heavy (non-hydrogen) atoms. The van der Waals surface area contributed by atoms with E-state index in [-0.39, 0.29) is 0 Å². The minimum absolute atomic E-state index is 0.897. The maximum atomic E-state index is 3.84. The fourth-order valence-electron chi connectivity index (χ4n) is 2.13. The average Bonchev–Trinajstić information content (AvgIpc) is 2.49. The molecule has 0 spiro atoms. The zero-order valence-electron chi connectivity index (χ0n) is 11.8. The highest BCUT2D eigenvalue weighted by Gasteiger charge is 2.01. The molecule has 2 rings (SSSR count). The van der Waals surface area contributed by atoms with Crippen molar-refractivity contribution in [3.8, 4) is 0 Å². The van der Waals surface area contributed by atoms with E-state index >= 15 is 0 Å². The van der Waals surface area contributed by atoms with Gasteiger partial charge in [-0.15, -0.1) is 6.58 Å². The van der Waals surface area contributed by atoms with Gasteiger partial charge in [0.2, 0.25) is 0 Å². The van der Waals surface area contributed by atoms with Crippen molar-refractivity contribution in [3.63, 3.8) is 0 Å². The van der Waals surface area contributed by atoms with Crippen LogP contribution in [0, 0.1) is 0 Å². The molecule has 0 saturated heterocycles. The first-order valence-corrected chi connectivity index (χ1v) is 6.97. The van der Waals surface area contributed by atoms with Crippen molar-refractivity contribution >= 4 is 6.08 Å². The smallest absolute Gasteiger partial charge is 0.0240 e. The van der Waals surface area contributed by atoms with Crippen LogP contribution in [0.4, 0.5) is 0 Å². The molecule has 0 bridgehead atoms. The van der Waals surface area contributed by atoms with E-state index in [9.17, 15) is 0 Å². The van der Waals surface area contributed by atoms with E-state index in [2.05, 4.69) is 78.2 Å². The molecule has 0 amide bonds. The maximum absolute atomic E-state index is 3.84. The van der Waals surface area contributed by atoms with Crippen LogP contribution in [0.5, 0.6) is 0 Å². The quantitative estimate of drug-likeness (QED) is 0.670. The normalized spacial score (nSPS) is 11.1. The summed E-state index contributed by atoms with van der Waals surface area (Å²) in [6.07, 6.45) is 6.34. The molecule has 0 radical (unpaired) electrons. The fourth-order valence-corrected chi connectivity index (χ4v) is 2.13. The Balaban J connectivity index is 1.92. The first kappa shape index (κ1) is 14.3. The Morgan fingerprint density at radius 3 is 2.15 bits per heavy atom. The average molecular weight is 263 g/mol. The summed E-state index contributed by atoms with van der Waals surface area (Å²) in [6.45, 7) is 6.62. The van der Waals surface area contributed by atoms with Gasteiger partial charge in [-0.1, -0.05) is 78.9 Å². The first-order chi connectivity index (χ1) is 9.88. The van der Waals surface area contributed by atoms with Gasteiger partial charge in [0.1, 0.15) is 0 Å². The molecule has 0 aliphatic rings. The maximum Gasteiger partial charge on any atom is 0.0240 e. The minimum atomic E-state index is 0.897. The highest BCUT2D eigenvalue weighted by molar-refractivity contribution is 5.48. The lowest BCUT2D eigenvalue weighted by atomic mass is 10.2. The lowest BCUT2D eigenvalue weighted by Crippen LogP contribution is -2.23. The van der Waals surface area contributed by atoms with Crippen molar-refractivity contribution in [1.82, 2.24) is 4.90 Å². The molecule has 2 aromatic rings. The Morgan fingerprint density at radius 2 is 1.50 bits per heavy atom. The van der Waals surface area contributed by atoms with Crippen LogP contribution in [0.25, 0.3) is 6.08 Å². The van der Waals surface area contributed by atoms with Crippen LogP contribution < -0.4 is 0 Å². The first-order valence-electron chi connectivity index (χ1n) is 6.97. The minimum Gasteiger partial charge on any atom is -0.292 e. The van der Waals surface area contributed by atoms with Crippen LogP contribution in [0.3, 0.4) is 0 Å². The third-order valence-electron chi connectivity index (χ3n) is 3.11.